The topological polar surface area (TPSA) is 120 Å². The Morgan fingerprint density at radius 2 is 2.29 bits per heavy atom. The second-order valence-electron chi connectivity index (χ2n) is 5.16. The molecule has 0 radical (unpaired) electrons. The van der Waals surface area contributed by atoms with Crippen LogP contribution in [0.25, 0.3) is 0 Å². The van der Waals surface area contributed by atoms with Gasteiger partial charge in [-0.05, 0) is 18.9 Å². The number of nitrogens with zero attached hydrogens (tertiary/aromatic N) is 3. The number of benzene rings is 1. The van der Waals surface area contributed by atoms with E-state index in [-0.39, 0.29) is 23.0 Å². The summed E-state index contributed by atoms with van der Waals surface area (Å²) in [5, 5.41) is 21.6. The Bertz CT molecular complexity index is 774. The molecule has 1 heterocycles. The average Bonchev–Trinajstić information content (AvgIpc) is 3.31. The van der Waals surface area contributed by atoms with Gasteiger partial charge in [0.2, 0.25) is 11.8 Å². The molecule has 9 nitrogen and oxygen atoms in total. The molecular formula is C14H14N4O5S. The van der Waals surface area contributed by atoms with Crippen molar-refractivity contribution < 1.29 is 18.9 Å². The predicted octanol–water partition coefficient (Wildman–Crippen LogP) is 2.59. The predicted molar refractivity (Wildman–Crippen MR) is 85.3 cm³/mol. The highest BCUT2D eigenvalue weighted by Crippen LogP contribution is 2.39. The van der Waals surface area contributed by atoms with Crippen molar-refractivity contribution in [1.82, 2.24) is 10.2 Å². The Labute approximate surface area is 140 Å². The smallest absolute Gasteiger partial charge is 0.277 e. The summed E-state index contributed by atoms with van der Waals surface area (Å²) in [6.45, 7) is 0. The SMILES string of the molecule is COc1ccc([N+](=O)[O-])cc1NC(=O)CSc1nnc(C2CC2)o1. The third kappa shape index (κ3) is 3.82. The number of anilines is 1. The molecule has 1 aliphatic rings. The van der Waals surface area contributed by atoms with Gasteiger partial charge in [0.25, 0.3) is 10.9 Å². The van der Waals surface area contributed by atoms with Gasteiger partial charge in [0, 0.05) is 18.1 Å². The average molecular weight is 350 g/mol. The number of nitro groups is 1. The van der Waals surface area contributed by atoms with Gasteiger partial charge in [-0.1, -0.05) is 11.8 Å². The minimum absolute atomic E-state index is 0.0398. The molecule has 0 spiro atoms. The van der Waals surface area contributed by atoms with E-state index in [1.807, 2.05) is 0 Å². The Morgan fingerprint density at radius 1 is 1.50 bits per heavy atom. The largest absolute Gasteiger partial charge is 0.495 e. The normalized spacial score (nSPS) is 13.5. The zero-order valence-electron chi connectivity index (χ0n) is 12.7. The van der Waals surface area contributed by atoms with Crippen LogP contribution in [0.4, 0.5) is 11.4 Å². The molecule has 0 atom stereocenters. The number of nitro benzene ring substituents is 1. The van der Waals surface area contributed by atoms with Gasteiger partial charge >= 0.3 is 0 Å². The van der Waals surface area contributed by atoms with Crippen LogP contribution in [0.3, 0.4) is 0 Å². The molecule has 0 aliphatic heterocycles. The van der Waals surface area contributed by atoms with Gasteiger partial charge in [0.1, 0.15) is 5.75 Å². The van der Waals surface area contributed by atoms with Gasteiger partial charge in [0.15, 0.2) is 0 Å². The number of rotatable bonds is 7. The Balaban J connectivity index is 1.61. The van der Waals surface area contributed by atoms with Gasteiger partial charge in [-0.3, -0.25) is 14.9 Å². The lowest BCUT2D eigenvalue weighted by Crippen LogP contribution is -2.14. The van der Waals surface area contributed by atoms with Crippen molar-refractivity contribution >= 4 is 29.0 Å². The summed E-state index contributed by atoms with van der Waals surface area (Å²) in [5.74, 6) is 0.990. The number of nitrogens with one attached hydrogen (secondary N) is 1. The molecule has 24 heavy (non-hydrogen) atoms. The first-order valence-electron chi connectivity index (χ1n) is 7.15. The minimum Gasteiger partial charge on any atom is -0.495 e. The highest BCUT2D eigenvalue weighted by atomic mass is 32.2. The zero-order valence-corrected chi connectivity index (χ0v) is 13.5. The first-order valence-corrected chi connectivity index (χ1v) is 8.14. The van der Waals surface area contributed by atoms with E-state index in [2.05, 4.69) is 15.5 Å². The van der Waals surface area contributed by atoms with Crippen LogP contribution in [0.5, 0.6) is 5.75 Å². The summed E-state index contributed by atoms with van der Waals surface area (Å²) in [4.78, 5) is 22.3. The lowest BCUT2D eigenvalue weighted by atomic mass is 10.2. The molecule has 2 aromatic rings. The van der Waals surface area contributed by atoms with Crippen LogP contribution in [0.2, 0.25) is 0 Å². The molecule has 1 N–H and O–H groups in total. The molecule has 1 amide bonds. The van der Waals surface area contributed by atoms with E-state index < -0.39 is 4.92 Å². The maximum absolute atomic E-state index is 12.0. The number of carbonyl (C=O) groups is 1. The van der Waals surface area contributed by atoms with Crippen LogP contribution in [0.15, 0.2) is 27.8 Å². The Morgan fingerprint density at radius 3 is 2.96 bits per heavy atom. The Hall–Kier alpha value is -2.62. The number of non-ortho nitro benzene ring substituents is 1. The molecule has 0 unspecified atom stereocenters. The molecule has 3 rings (SSSR count). The number of thioether (sulfide) groups is 1. The number of amides is 1. The van der Waals surface area contributed by atoms with Crippen molar-refractivity contribution in [3.8, 4) is 5.75 Å². The fourth-order valence-electron chi connectivity index (χ4n) is 1.99. The first kappa shape index (κ1) is 16.2. The molecule has 1 fully saturated rings. The zero-order chi connectivity index (χ0) is 17.1. The van der Waals surface area contributed by atoms with Gasteiger partial charge in [-0.15, -0.1) is 10.2 Å². The monoisotopic (exact) mass is 350 g/mol. The van der Waals surface area contributed by atoms with Crippen molar-refractivity contribution in [1.29, 1.82) is 0 Å². The van der Waals surface area contributed by atoms with Crippen LogP contribution in [0.1, 0.15) is 24.7 Å². The molecule has 126 valence electrons. The molecular weight excluding hydrogens is 336 g/mol. The summed E-state index contributed by atoms with van der Waals surface area (Å²) < 4.78 is 10.5. The van der Waals surface area contributed by atoms with Crippen molar-refractivity contribution in [2.24, 2.45) is 0 Å². The summed E-state index contributed by atoms with van der Waals surface area (Å²) in [5.41, 5.74) is 0.103. The van der Waals surface area contributed by atoms with Gasteiger partial charge < -0.3 is 14.5 Å². The number of aromatic nitrogens is 2. The van der Waals surface area contributed by atoms with Crippen LogP contribution in [-0.2, 0) is 4.79 Å². The number of carbonyl (C=O) groups excluding carboxylic acids is 1. The fourth-order valence-corrected chi connectivity index (χ4v) is 2.56. The van der Waals surface area contributed by atoms with Gasteiger partial charge in [-0.25, -0.2) is 0 Å². The summed E-state index contributed by atoms with van der Waals surface area (Å²) in [7, 11) is 1.42. The third-order valence-corrected chi connectivity index (χ3v) is 4.16. The number of hydrogen-bond acceptors (Lipinski definition) is 8. The lowest BCUT2D eigenvalue weighted by Gasteiger charge is -2.09. The van der Waals surface area contributed by atoms with Crippen molar-refractivity contribution in [3.63, 3.8) is 0 Å². The van der Waals surface area contributed by atoms with E-state index in [9.17, 15) is 14.9 Å². The standard InChI is InChI=1S/C14H14N4O5S/c1-22-11-5-4-9(18(20)21)6-10(11)15-12(19)7-24-14-17-16-13(23-14)8-2-3-8/h4-6,8H,2-3,7H2,1H3,(H,15,19). The van der Waals surface area contributed by atoms with E-state index in [1.165, 1.54) is 25.3 Å². The highest BCUT2D eigenvalue weighted by Gasteiger charge is 2.29. The van der Waals surface area contributed by atoms with Crippen molar-refractivity contribution in [2.45, 2.75) is 24.0 Å². The van der Waals surface area contributed by atoms with Crippen LogP contribution >= 0.6 is 11.8 Å². The maximum Gasteiger partial charge on any atom is 0.277 e. The van der Waals surface area contributed by atoms with Crippen LogP contribution in [-0.4, -0.2) is 33.9 Å². The number of methoxy groups -OCH3 is 1. The number of hydrogen-bond donors (Lipinski definition) is 1. The van der Waals surface area contributed by atoms with Crippen LogP contribution < -0.4 is 10.1 Å². The number of ether oxygens (including phenoxy) is 1. The van der Waals surface area contributed by atoms with E-state index in [4.69, 9.17) is 9.15 Å². The summed E-state index contributed by atoms with van der Waals surface area (Å²) in [6.07, 6.45) is 2.11. The van der Waals surface area contributed by atoms with E-state index in [1.54, 1.807) is 0 Å². The van der Waals surface area contributed by atoms with E-state index >= 15 is 0 Å². The molecule has 1 aromatic carbocycles. The van der Waals surface area contributed by atoms with Crippen molar-refractivity contribution in [2.75, 3.05) is 18.2 Å². The van der Waals surface area contributed by atoms with Gasteiger partial charge in [-0.2, -0.15) is 0 Å². The second kappa shape index (κ2) is 6.87. The summed E-state index contributed by atoms with van der Waals surface area (Å²) >= 11 is 1.11. The molecule has 1 aliphatic carbocycles. The van der Waals surface area contributed by atoms with Crippen LogP contribution in [0, 0.1) is 10.1 Å². The lowest BCUT2D eigenvalue weighted by molar-refractivity contribution is -0.384. The molecule has 0 saturated heterocycles. The highest BCUT2D eigenvalue weighted by molar-refractivity contribution is 7.99. The third-order valence-electron chi connectivity index (χ3n) is 3.34. The van der Waals surface area contributed by atoms with Gasteiger partial charge in [0.05, 0.1) is 23.5 Å². The second-order valence-corrected chi connectivity index (χ2v) is 6.09. The van der Waals surface area contributed by atoms with Crippen molar-refractivity contribution in [3.05, 3.63) is 34.2 Å². The first-order chi connectivity index (χ1) is 11.6. The van der Waals surface area contributed by atoms with E-state index in [0.717, 1.165) is 24.6 Å². The quantitative estimate of drug-likeness (QED) is 0.459. The molecule has 0 bridgehead atoms. The summed E-state index contributed by atoms with van der Waals surface area (Å²) in [6, 6.07) is 3.99. The molecule has 1 saturated carbocycles. The molecule has 1 aromatic heterocycles. The Kier molecular flexibility index (Phi) is 4.65. The van der Waals surface area contributed by atoms with E-state index in [0.29, 0.717) is 22.8 Å². The minimum atomic E-state index is -0.540. The maximum atomic E-state index is 12.0. The molecule has 10 heteroatoms. The fraction of sp³-hybridized carbons (Fsp3) is 0.357.